The molecule has 3 rings (SSSR count). The Balaban J connectivity index is 2.04. The Kier molecular flexibility index (Phi) is 7.13. The molecular formula is C23H26ClN3O3. The van der Waals surface area contributed by atoms with Gasteiger partial charge in [0.05, 0.1) is 25.1 Å². The molecule has 0 atom stereocenters. The van der Waals surface area contributed by atoms with Gasteiger partial charge >= 0.3 is 0 Å². The smallest absolute Gasteiger partial charge is 0.261 e. The van der Waals surface area contributed by atoms with E-state index in [1.807, 2.05) is 44.4 Å². The lowest BCUT2D eigenvalue weighted by molar-refractivity contribution is 0.355. The van der Waals surface area contributed by atoms with Gasteiger partial charge in [0.15, 0.2) is 11.5 Å². The van der Waals surface area contributed by atoms with Crippen LogP contribution >= 0.6 is 11.6 Å². The Morgan fingerprint density at radius 3 is 2.53 bits per heavy atom. The number of aromatic nitrogens is 2. The van der Waals surface area contributed by atoms with Crippen LogP contribution in [-0.2, 0) is 6.54 Å². The Hall–Kier alpha value is -2.83. The molecule has 0 aliphatic rings. The van der Waals surface area contributed by atoms with Crippen LogP contribution in [0.25, 0.3) is 23.1 Å². The molecule has 7 heteroatoms. The molecule has 0 N–H and O–H groups in total. The molecular weight excluding hydrogens is 402 g/mol. The maximum atomic E-state index is 13.1. The summed E-state index contributed by atoms with van der Waals surface area (Å²) in [5.41, 5.74) is 1.43. The normalized spacial score (nSPS) is 11.5. The molecule has 0 saturated carbocycles. The van der Waals surface area contributed by atoms with Crippen LogP contribution in [0.2, 0.25) is 5.02 Å². The molecule has 1 heterocycles. The third kappa shape index (κ3) is 5.01. The third-order valence-electron chi connectivity index (χ3n) is 4.77. The summed E-state index contributed by atoms with van der Waals surface area (Å²) < 4.78 is 12.4. The average Bonchev–Trinajstić information content (AvgIpc) is 2.73. The zero-order valence-corrected chi connectivity index (χ0v) is 18.4. The van der Waals surface area contributed by atoms with Gasteiger partial charge in [-0.2, -0.15) is 0 Å². The van der Waals surface area contributed by atoms with Gasteiger partial charge in [0, 0.05) is 11.6 Å². The average molecular weight is 428 g/mol. The first-order chi connectivity index (χ1) is 14.4. The number of fused-ring (bicyclic) bond motifs is 1. The van der Waals surface area contributed by atoms with Crippen molar-refractivity contribution in [1.82, 2.24) is 14.5 Å². The van der Waals surface area contributed by atoms with Crippen LogP contribution in [0, 0.1) is 0 Å². The van der Waals surface area contributed by atoms with Gasteiger partial charge in [-0.05, 0) is 69.0 Å². The van der Waals surface area contributed by atoms with Crippen molar-refractivity contribution < 1.29 is 9.47 Å². The van der Waals surface area contributed by atoms with E-state index in [1.165, 1.54) is 0 Å². The highest BCUT2D eigenvalue weighted by Crippen LogP contribution is 2.28. The van der Waals surface area contributed by atoms with Crippen LogP contribution in [0.1, 0.15) is 17.8 Å². The molecule has 30 heavy (non-hydrogen) atoms. The van der Waals surface area contributed by atoms with Crippen molar-refractivity contribution in [2.24, 2.45) is 0 Å². The highest BCUT2D eigenvalue weighted by Gasteiger charge is 2.10. The van der Waals surface area contributed by atoms with E-state index >= 15 is 0 Å². The second-order valence-corrected chi connectivity index (χ2v) is 7.63. The molecule has 0 unspecified atom stereocenters. The Bertz CT molecular complexity index is 1120. The van der Waals surface area contributed by atoms with Crippen LogP contribution in [0.3, 0.4) is 0 Å². The van der Waals surface area contributed by atoms with Crippen molar-refractivity contribution >= 4 is 34.7 Å². The maximum absolute atomic E-state index is 13.1. The number of hydrogen-bond acceptors (Lipinski definition) is 5. The quantitative estimate of drug-likeness (QED) is 0.539. The predicted octanol–water partition coefficient (Wildman–Crippen LogP) is 4.19. The van der Waals surface area contributed by atoms with Crippen LogP contribution < -0.4 is 15.0 Å². The molecule has 0 fully saturated rings. The zero-order chi connectivity index (χ0) is 21.7. The molecule has 0 bridgehead atoms. The first-order valence-corrected chi connectivity index (χ1v) is 10.1. The van der Waals surface area contributed by atoms with Gasteiger partial charge in [-0.3, -0.25) is 9.36 Å². The van der Waals surface area contributed by atoms with E-state index in [0.29, 0.717) is 39.8 Å². The molecule has 2 aromatic carbocycles. The van der Waals surface area contributed by atoms with Gasteiger partial charge in [0.2, 0.25) is 0 Å². The lowest BCUT2D eigenvalue weighted by Crippen LogP contribution is -2.26. The largest absolute Gasteiger partial charge is 0.493 e. The van der Waals surface area contributed by atoms with Gasteiger partial charge in [0.25, 0.3) is 5.56 Å². The summed E-state index contributed by atoms with van der Waals surface area (Å²) in [6.07, 6.45) is 4.59. The minimum atomic E-state index is -0.0672. The number of nitrogens with zero attached hydrogens (tertiary/aromatic N) is 3. The van der Waals surface area contributed by atoms with E-state index in [4.69, 9.17) is 26.1 Å². The van der Waals surface area contributed by atoms with Crippen molar-refractivity contribution in [3.8, 4) is 11.5 Å². The third-order valence-corrected chi connectivity index (χ3v) is 5.00. The number of ether oxygens (including phenoxy) is 2. The number of hydrogen-bond donors (Lipinski definition) is 0. The second-order valence-electron chi connectivity index (χ2n) is 7.19. The zero-order valence-electron chi connectivity index (χ0n) is 17.7. The molecule has 0 spiro atoms. The molecule has 3 aromatic rings. The molecule has 6 nitrogen and oxygen atoms in total. The van der Waals surface area contributed by atoms with Crippen LogP contribution in [-0.4, -0.2) is 49.3 Å². The molecule has 0 aliphatic carbocycles. The number of halogens is 1. The molecule has 1 aromatic heterocycles. The van der Waals surface area contributed by atoms with Gasteiger partial charge in [-0.15, -0.1) is 0 Å². The van der Waals surface area contributed by atoms with E-state index in [0.717, 1.165) is 18.5 Å². The maximum Gasteiger partial charge on any atom is 0.261 e. The molecule has 0 amide bonds. The molecule has 0 saturated heterocycles. The van der Waals surface area contributed by atoms with E-state index in [1.54, 1.807) is 37.0 Å². The first-order valence-electron chi connectivity index (χ1n) is 9.68. The summed E-state index contributed by atoms with van der Waals surface area (Å²) in [5, 5.41) is 1.11. The summed E-state index contributed by atoms with van der Waals surface area (Å²) >= 11 is 6.12. The van der Waals surface area contributed by atoms with E-state index in [9.17, 15) is 4.79 Å². The molecule has 0 aliphatic heterocycles. The highest BCUT2D eigenvalue weighted by molar-refractivity contribution is 6.31. The Morgan fingerprint density at radius 1 is 1.07 bits per heavy atom. The highest BCUT2D eigenvalue weighted by atomic mass is 35.5. The van der Waals surface area contributed by atoms with Crippen LogP contribution in [0.4, 0.5) is 0 Å². The van der Waals surface area contributed by atoms with Crippen molar-refractivity contribution in [1.29, 1.82) is 0 Å². The lowest BCUT2D eigenvalue weighted by atomic mass is 10.1. The minimum Gasteiger partial charge on any atom is -0.493 e. The molecule has 0 radical (unpaired) electrons. The van der Waals surface area contributed by atoms with E-state index in [2.05, 4.69) is 4.90 Å². The van der Waals surface area contributed by atoms with Gasteiger partial charge in [-0.1, -0.05) is 23.7 Å². The van der Waals surface area contributed by atoms with Crippen molar-refractivity contribution in [2.75, 3.05) is 34.9 Å². The summed E-state index contributed by atoms with van der Waals surface area (Å²) in [6, 6.07) is 10.8. The number of benzene rings is 2. The topological polar surface area (TPSA) is 56.6 Å². The number of rotatable bonds is 8. The summed E-state index contributed by atoms with van der Waals surface area (Å²) in [6.45, 7) is 1.46. The monoisotopic (exact) mass is 427 g/mol. The Labute approximate surface area is 181 Å². The van der Waals surface area contributed by atoms with E-state index < -0.39 is 0 Å². The minimum absolute atomic E-state index is 0.0672. The van der Waals surface area contributed by atoms with Crippen molar-refractivity contribution in [2.45, 2.75) is 13.0 Å². The van der Waals surface area contributed by atoms with Crippen molar-refractivity contribution in [3.05, 3.63) is 63.2 Å². The first kappa shape index (κ1) is 21.9. The fourth-order valence-corrected chi connectivity index (χ4v) is 3.39. The standard InChI is InChI=1S/C23H26ClN3O3/c1-26(2)12-5-13-27-22(25-19-15-17(24)8-9-18(19)23(27)28)11-7-16-6-10-20(29-3)21(14-16)30-4/h6-11,14-15H,5,12-13H2,1-4H3/b11-7+. The van der Waals surface area contributed by atoms with Crippen LogP contribution in [0.15, 0.2) is 41.2 Å². The number of methoxy groups -OCH3 is 2. The fourth-order valence-electron chi connectivity index (χ4n) is 3.23. The summed E-state index contributed by atoms with van der Waals surface area (Å²) in [7, 11) is 7.23. The van der Waals surface area contributed by atoms with Gasteiger partial charge < -0.3 is 14.4 Å². The van der Waals surface area contributed by atoms with Crippen molar-refractivity contribution in [3.63, 3.8) is 0 Å². The Morgan fingerprint density at radius 2 is 1.83 bits per heavy atom. The fraction of sp³-hybridized carbons (Fsp3) is 0.304. The van der Waals surface area contributed by atoms with Gasteiger partial charge in [0.1, 0.15) is 5.82 Å². The summed E-state index contributed by atoms with van der Waals surface area (Å²) in [5.74, 6) is 1.89. The SMILES string of the molecule is COc1ccc(/C=C/c2nc3cc(Cl)ccc3c(=O)n2CCCN(C)C)cc1OC. The second kappa shape index (κ2) is 9.78. The van der Waals surface area contributed by atoms with Crippen LogP contribution in [0.5, 0.6) is 11.5 Å². The molecule has 158 valence electrons. The van der Waals surface area contributed by atoms with E-state index in [-0.39, 0.29) is 5.56 Å². The lowest BCUT2D eigenvalue weighted by Gasteiger charge is -2.14. The van der Waals surface area contributed by atoms with Gasteiger partial charge in [-0.25, -0.2) is 4.98 Å². The predicted molar refractivity (Wildman–Crippen MR) is 123 cm³/mol. The summed E-state index contributed by atoms with van der Waals surface area (Å²) in [4.78, 5) is 19.9.